The number of ether oxygens (including phenoxy) is 1. The Morgan fingerprint density at radius 3 is 2.71 bits per heavy atom. The largest absolute Gasteiger partial charge is 0.495 e. The molecule has 192 valence electrons. The van der Waals surface area contributed by atoms with E-state index in [2.05, 4.69) is 15.6 Å². The number of benzene rings is 2. The summed E-state index contributed by atoms with van der Waals surface area (Å²) in [6.45, 7) is 1.42. The molecule has 2 N–H and O–H groups in total. The van der Waals surface area contributed by atoms with Gasteiger partial charge in [-0.2, -0.15) is 0 Å². The van der Waals surface area contributed by atoms with Crippen molar-refractivity contribution in [2.75, 3.05) is 17.3 Å². The minimum Gasteiger partial charge on any atom is -0.495 e. The second-order valence-electron chi connectivity index (χ2n) is 8.57. The summed E-state index contributed by atoms with van der Waals surface area (Å²) in [6.07, 6.45) is 1.71. The first-order valence-corrected chi connectivity index (χ1v) is 12.1. The lowest BCUT2D eigenvalue weighted by molar-refractivity contribution is -0.384. The van der Waals surface area contributed by atoms with Gasteiger partial charge in [-0.1, -0.05) is 18.2 Å². The van der Waals surface area contributed by atoms with Gasteiger partial charge in [0.05, 0.1) is 29.5 Å². The summed E-state index contributed by atoms with van der Waals surface area (Å²) in [7, 11) is 1.53. The molecule has 0 spiro atoms. The van der Waals surface area contributed by atoms with Gasteiger partial charge in [-0.25, -0.2) is 0 Å². The number of non-ortho nitro benzene ring substituents is 1. The van der Waals surface area contributed by atoms with Crippen LogP contribution in [0.5, 0.6) is 5.75 Å². The zero-order valence-corrected chi connectivity index (χ0v) is 21.3. The highest BCUT2D eigenvalue weighted by atomic mass is 32.1. The summed E-state index contributed by atoms with van der Waals surface area (Å²) in [4.78, 5) is 29.1. The third-order valence-corrected chi connectivity index (χ3v) is 6.44. The number of methoxy groups -OCH3 is 1. The SMILES string of the molecule is COc1ccc(N2C(=S)N[C@H](c3ccccn3)[C@@H]2c2ccc(-c3cccc([N+](=O)[O-])c3)o2)cc1NC(C)=O. The van der Waals surface area contributed by atoms with Crippen molar-refractivity contribution in [2.24, 2.45) is 0 Å². The summed E-state index contributed by atoms with van der Waals surface area (Å²) < 4.78 is 11.7. The molecule has 4 aromatic rings. The van der Waals surface area contributed by atoms with Crippen molar-refractivity contribution < 1.29 is 18.9 Å². The second kappa shape index (κ2) is 10.3. The van der Waals surface area contributed by atoms with Crippen molar-refractivity contribution in [2.45, 2.75) is 19.0 Å². The van der Waals surface area contributed by atoms with Crippen molar-refractivity contribution in [1.82, 2.24) is 10.3 Å². The summed E-state index contributed by atoms with van der Waals surface area (Å²) in [6, 6.07) is 20.1. The molecule has 38 heavy (non-hydrogen) atoms. The summed E-state index contributed by atoms with van der Waals surface area (Å²) in [5, 5.41) is 17.9. The molecule has 0 unspecified atom stereocenters. The van der Waals surface area contributed by atoms with E-state index in [9.17, 15) is 14.9 Å². The molecule has 0 bridgehead atoms. The Morgan fingerprint density at radius 2 is 2.00 bits per heavy atom. The monoisotopic (exact) mass is 529 g/mol. The maximum Gasteiger partial charge on any atom is 0.270 e. The first kappa shape index (κ1) is 24.9. The van der Waals surface area contributed by atoms with Gasteiger partial charge < -0.3 is 24.7 Å². The van der Waals surface area contributed by atoms with E-state index in [4.69, 9.17) is 21.4 Å². The lowest BCUT2D eigenvalue weighted by atomic mass is 10.0. The third kappa shape index (κ3) is 4.78. The Morgan fingerprint density at radius 1 is 1.16 bits per heavy atom. The van der Waals surface area contributed by atoms with Gasteiger partial charge in [-0.15, -0.1) is 0 Å². The molecule has 5 rings (SSSR count). The van der Waals surface area contributed by atoms with Gasteiger partial charge in [0, 0.05) is 36.5 Å². The summed E-state index contributed by atoms with van der Waals surface area (Å²) in [5.74, 6) is 1.32. The van der Waals surface area contributed by atoms with E-state index in [1.807, 2.05) is 35.2 Å². The first-order valence-electron chi connectivity index (χ1n) is 11.7. The minimum atomic E-state index is -0.455. The molecule has 3 heterocycles. The zero-order valence-electron chi connectivity index (χ0n) is 20.5. The molecule has 0 saturated carbocycles. The molecule has 10 nitrogen and oxygen atoms in total. The smallest absolute Gasteiger partial charge is 0.270 e. The molecule has 2 aromatic carbocycles. The van der Waals surface area contributed by atoms with Crippen LogP contribution in [-0.4, -0.2) is 28.0 Å². The highest BCUT2D eigenvalue weighted by Gasteiger charge is 2.42. The Kier molecular flexibility index (Phi) is 6.75. The molecule has 1 fully saturated rings. The number of nitrogens with one attached hydrogen (secondary N) is 2. The number of nitrogens with zero attached hydrogens (tertiary/aromatic N) is 3. The number of hydrogen-bond donors (Lipinski definition) is 2. The van der Waals surface area contributed by atoms with Crippen LogP contribution in [-0.2, 0) is 4.79 Å². The molecular formula is C27H23N5O5S. The van der Waals surface area contributed by atoms with Crippen molar-refractivity contribution >= 4 is 40.3 Å². The number of carbonyl (C=O) groups is 1. The fourth-order valence-electron chi connectivity index (χ4n) is 4.49. The molecule has 11 heteroatoms. The molecule has 0 aliphatic carbocycles. The molecule has 1 saturated heterocycles. The highest BCUT2D eigenvalue weighted by molar-refractivity contribution is 7.80. The Labute approximate surface area is 223 Å². The van der Waals surface area contributed by atoms with Crippen LogP contribution in [0.15, 0.2) is 83.4 Å². The number of anilines is 2. The minimum absolute atomic E-state index is 0.0270. The lowest BCUT2D eigenvalue weighted by Crippen LogP contribution is -2.29. The Bertz CT molecular complexity index is 1520. The standard InChI is InChI=1S/C27H23N5O5S/c1-16(33)29-21-15-18(9-10-23(21)36-2)31-26(25(30-27(31)38)20-8-3-4-13-28-20)24-12-11-22(37-24)17-6-5-7-19(14-17)32(34)35/h3-15,25-26H,1-2H3,(H,29,33)(H,30,38)/t25-,26+/m1/s1. The highest BCUT2D eigenvalue weighted by Crippen LogP contribution is 2.44. The normalized spacial score (nSPS) is 16.7. The molecule has 1 aliphatic rings. The van der Waals surface area contributed by atoms with E-state index >= 15 is 0 Å². The second-order valence-corrected chi connectivity index (χ2v) is 8.96. The topological polar surface area (TPSA) is 123 Å². The molecular weight excluding hydrogens is 506 g/mol. The fraction of sp³-hybridized carbons (Fsp3) is 0.148. The number of pyridine rings is 1. The number of carbonyl (C=O) groups excluding carboxylic acids is 1. The van der Waals surface area contributed by atoms with Crippen LogP contribution < -0.4 is 20.3 Å². The van der Waals surface area contributed by atoms with Gasteiger partial charge in [-0.3, -0.25) is 19.9 Å². The van der Waals surface area contributed by atoms with E-state index in [1.165, 1.54) is 26.2 Å². The van der Waals surface area contributed by atoms with E-state index in [1.54, 1.807) is 36.5 Å². The molecule has 2 aromatic heterocycles. The maximum absolute atomic E-state index is 11.8. The molecule has 0 radical (unpaired) electrons. The first-order chi connectivity index (χ1) is 18.4. The predicted molar refractivity (Wildman–Crippen MR) is 146 cm³/mol. The van der Waals surface area contributed by atoms with E-state index < -0.39 is 11.0 Å². The number of hydrogen-bond acceptors (Lipinski definition) is 7. The van der Waals surface area contributed by atoms with Crippen LogP contribution in [0, 0.1) is 10.1 Å². The quantitative estimate of drug-likeness (QED) is 0.184. The van der Waals surface area contributed by atoms with Gasteiger partial charge in [0.1, 0.15) is 23.3 Å². The fourth-order valence-corrected chi connectivity index (χ4v) is 4.84. The van der Waals surface area contributed by atoms with Crippen LogP contribution >= 0.6 is 12.2 Å². The van der Waals surface area contributed by atoms with Gasteiger partial charge in [0.25, 0.3) is 5.69 Å². The van der Waals surface area contributed by atoms with Crippen LogP contribution in [0.3, 0.4) is 0 Å². The van der Waals surface area contributed by atoms with Crippen LogP contribution in [0.2, 0.25) is 0 Å². The van der Waals surface area contributed by atoms with E-state index in [-0.39, 0.29) is 17.6 Å². The predicted octanol–water partition coefficient (Wildman–Crippen LogP) is 5.39. The number of nitro groups is 1. The molecule has 1 aliphatic heterocycles. The number of aromatic nitrogens is 1. The van der Waals surface area contributed by atoms with Gasteiger partial charge in [-0.05, 0) is 54.7 Å². The maximum atomic E-state index is 11.8. The number of thiocarbonyl (C=S) groups is 1. The number of rotatable bonds is 7. The van der Waals surface area contributed by atoms with Crippen molar-refractivity contribution in [3.05, 3.63) is 101 Å². The molecule has 1 amide bonds. The molecule has 2 atom stereocenters. The van der Waals surface area contributed by atoms with Crippen LogP contribution in [0.1, 0.15) is 30.5 Å². The van der Waals surface area contributed by atoms with E-state index in [0.29, 0.717) is 39.3 Å². The lowest BCUT2D eigenvalue weighted by Gasteiger charge is -2.27. The third-order valence-electron chi connectivity index (χ3n) is 6.13. The van der Waals surface area contributed by atoms with Crippen LogP contribution in [0.4, 0.5) is 17.1 Å². The van der Waals surface area contributed by atoms with Gasteiger partial charge >= 0.3 is 0 Å². The van der Waals surface area contributed by atoms with Crippen LogP contribution in [0.25, 0.3) is 11.3 Å². The Hall–Kier alpha value is -4.77. The number of furan rings is 1. The van der Waals surface area contributed by atoms with E-state index in [0.717, 1.165) is 5.69 Å². The Balaban J connectivity index is 1.60. The number of nitro benzene ring substituents is 1. The average Bonchev–Trinajstić information content (AvgIpc) is 3.53. The average molecular weight is 530 g/mol. The van der Waals surface area contributed by atoms with Crippen molar-refractivity contribution in [3.8, 4) is 17.1 Å². The van der Waals surface area contributed by atoms with Crippen molar-refractivity contribution in [1.29, 1.82) is 0 Å². The van der Waals surface area contributed by atoms with Crippen molar-refractivity contribution in [3.63, 3.8) is 0 Å². The van der Waals surface area contributed by atoms with Gasteiger partial charge in [0.15, 0.2) is 5.11 Å². The zero-order chi connectivity index (χ0) is 26.8. The van der Waals surface area contributed by atoms with Gasteiger partial charge in [0.2, 0.25) is 5.91 Å². The summed E-state index contributed by atoms with van der Waals surface area (Å²) >= 11 is 5.77. The summed E-state index contributed by atoms with van der Waals surface area (Å²) in [5.41, 5.74) is 2.50. The number of amides is 1.